The fourth-order valence-corrected chi connectivity index (χ4v) is 3.82. The Balaban J connectivity index is 2.31. The lowest BCUT2D eigenvalue weighted by atomic mass is 9.88. The van der Waals surface area contributed by atoms with Crippen molar-refractivity contribution in [2.45, 2.75) is 36.2 Å². The van der Waals surface area contributed by atoms with Gasteiger partial charge in [0.25, 0.3) is 5.69 Å². The number of alkyl halides is 7. The van der Waals surface area contributed by atoms with Crippen molar-refractivity contribution in [2.75, 3.05) is 6.61 Å². The maximum absolute atomic E-state index is 15.3. The first-order valence-corrected chi connectivity index (χ1v) is 9.74. The van der Waals surface area contributed by atoms with Gasteiger partial charge in [-0.25, -0.2) is 4.79 Å². The number of halogens is 7. The summed E-state index contributed by atoms with van der Waals surface area (Å²) in [7, 11) is 0. The van der Waals surface area contributed by atoms with E-state index in [9.17, 15) is 32.5 Å². The second-order valence-corrected chi connectivity index (χ2v) is 7.54. The van der Waals surface area contributed by atoms with Gasteiger partial charge in [-0.15, -0.1) is 0 Å². The number of nitrogens with zero attached hydrogens (tertiary/aromatic N) is 2. The van der Waals surface area contributed by atoms with Crippen LogP contribution in [0.4, 0.5) is 32.0 Å². The highest BCUT2D eigenvalue weighted by molar-refractivity contribution is 6.22. The summed E-state index contributed by atoms with van der Waals surface area (Å²) in [6.45, 7) is 1.03. The molecule has 0 spiro atoms. The number of fused-ring (bicyclic) bond motifs is 1. The zero-order valence-corrected chi connectivity index (χ0v) is 17.4. The summed E-state index contributed by atoms with van der Waals surface area (Å²) in [5.41, 5.74) is -3.20. The lowest BCUT2D eigenvalue weighted by molar-refractivity contribution is -0.384. The monoisotopic (exact) mass is 496 g/mol. The number of nitro benzene ring substituents is 1. The van der Waals surface area contributed by atoms with Crippen LogP contribution in [0.15, 0.2) is 59.8 Å². The number of esters is 1. The van der Waals surface area contributed by atoms with Crippen molar-refractivity contribution in [2.24, 2.45) is 0 Å². The van der Waals surface area contributed by atoms with Gasteiger partial charge in [0.1, 0.15) is 0 Å². The molecule has 3 rings (SSSR count). The predicted octanol–water partition coefficient (Wildman–Crippen LogP) is 5.37. The van der Waals surface area contributed by atoms with E-state index in [0.717, 1.165) is 29.2 Å². The SMILES string of the molecule is CCOC(=O)C1=C(C(F)(F)C(F)(F)C(F)(F)Cl)C(c2ccc([N+](=O)[O-])cc2)N2C=CC=CC12. The molecule has 2 aliphatic heterocycles. The molecule has 0 radical (unpaired) electrons. The van der Waals surface area contributed by atoms with Crippen LogP contribution >= 0.6 is 11.6 Å². The lowest BCUT2D eigenvalue weighted by Crippen LogP contribution is -2.53. The van der Waals surface area contributed by atoms with E-state index in [1.54, 1.807) is 0 Å². The minimum Gasteiger partial charge on any atom is -0.463 e. The maximum Gasteiger partial charge on any atom is 0.390 e. The van der Waals surface area contributed by atoms with Crippen LogP contribution in [-0.2, 0) is 9.53 Å². The Bertz CT molecular complexity index is 1050. The smallest absolute Gasteiger partial charge is 0.390 e. The molecule has 2 aliphatic rings. The van der Waals surface area contributed by atoms with E-state index >= 15 is 8.78 Å². The third-order valence-electron chi connectivity index (χ3n) is 5.15. The van der Waals surface area contributed by atoms with Crippen LogP contribution in [0.2, 0.25) is 0 Å². The van der Waals surface area contributed by atoms with Crippen LogP contribution in [-0.4, -0.2) is 45.7 Å². The van der Waals surface area contributed by atoms with E-state index in [1.165, 1.54) is 31.4 Å². The molecule has 1 aromatic rings. The van der Waals surface area contributed by atoms with E-state index in [1.807, 2.05) is 0 Å². The third-order valence-corrected chi connectivity index (χ3v) is 5.38. The van der Waals surface area contributed by atoms with Crippen LogP contribution in [0.5, 0.6) is 0 Å². The molecule has 2 atom stereocenters. The molecule has 2 unspecified atom stereocenters. The second-order valence-electron chi connectivity index (χ2n) is 7.06. The zero-order valence-electron chi connectivity index (χ0n) is 16.7. The van der Waals surface area contributed by atoms with Gasteiger partial charge in [0.05, 0.1) is 29.2 Å². The number of ether oxygens (including phenoxy) is 1. The zero-order chi connectivity index (χ0) is 24.8. The van der Waals surface area contributed by atoms with Crippen molar-refractivity contribution in [3.05, 3.63) is 75.5 Å². The fourth-order valence-electron chi connectivity index (χ4n) is 3.70. The van der Waals surface area contributed by atoms with Gasteiger partial charge in [-0.1, -0.05) is 12.2 Å². The Morgan fingerprint density at radius 1 is 1.15 bits per heavy atom. The van der Waals surface area contributed by atoms with Gasteiger partial charge >= 0.3 is 23.2 Å². The number of hydrogen-bond donors (Lipinski definition) is 0. The van der Waals surface area contributed by atoms with Gasteiger partial charge < -0.3 is 9.64 Å². The largest absolute Gasteiger partial charge is 0.463 e. The number of hydrogen-bond acceptors (Lipinski definition) is 5. The van der Waals surface area contributed by atoms with Gasteiger partial charge in [0.15, 0.2) is 0 Å². The van der Waals surface area contributed by atoms with Crippen LogP contribution in [0, 0.1) is 10.1 Å². The standard InChI is InChI=1S/C20H15ClF6N2O4/c1-2-33-17(30)14-13-5-3-4-10-28(13)16(11-6-8-12(9-7-11)29(31)32)15(14)18(22,23)19(24,25)20(21,26)27/h3-10,13,16H,2H2,1H3. The van der Waals surface area contributed by atoms with Crippen LogP contribution in [0.3, 0.4) is 0 Å². The van der Waals surface area contributed by atoms with Gasteiger partial charge in [-0.2, -0.15) is 26.3 Å². The molecule has 0 bridgehead atoms. The first kappa shape index (κ1) is 24.6. The third kappa shape index (κ3) is 3.96. The van der Waals surface area contributed by atoms with Crippen molar-refractivity contribution in [1.29, 1.82) is 0 Å². The summed E-state index contributed by atoms with van der Waals surface area (Å²) in [6.07, 6.45) is 5.14. The second kappa shape index (κ2) is 8.40. The summed E-state index contributed by atoms with van der Waals surface area (Å²) in [4.78, 5) is 23.8. The Labute approximate surface area is 187 Å². The number of allylic oxidation sites excluding steroid dienone is 2. The number of nitro groups is 1. The molecule has 0 amide bonds. The maximum atomic E-state index is 15.3. The average molecular weight is 497 g/mol. The number of rotatable bonds is 7. The molecule has 33 heavy (non-hydrogen) atoms. The summed E-state index contributed by atoms with van der Waals surface area (Å²) in [6, 6.07) is 0.659. The van der Waals surface area contributed by atoms with E-state index in [4.69, 9.17) is 4.74 Å². The molecular weight excluding hydrogens is 482 g/mol. The molecule has 6 nitrogen and oxygen atoms in total. The first-order valence-electron chi connectivity index (χ1n) is 9.36. The molecule has 0 N–H and O–H groups in total. The van der Waals surface area contributed by atoms with Gasteiger partial charge in [-0.05, 0) is 42.3 Å². The Kier molecular flexibility index (Phi) is 6.26. The number of carbonyl (C=O) groups excluding carboxylic acids is 1. The molecule has 0 saturated heterocycles. The topological polar surface area (TPSA) is 72.7 Å². The predicted molar refractivity (Wildman–Crippen MR) is 104 cm³/mol. The van der Waals surface area contributed by atoms with Gasteiger partial charge in [0, 0.05) is 23.9 Å². The Morgan fingerprint density at radius 2 is 1.76 bits per heavy atom. The van der Waals surface area contributed by atoms with E-state index in [0.29, 0.717) is 0 Å². The molecule has 178 valence electrons. The van der Waals surface area contributed by atoms with Crippen LogP contribution in [0.1, 0.15) is 18.5 Å². The highest BCUT2D eigenvalue weighted by Gasteiger charge is 2.75. The van der Waals surface area contributed by atoms with Crippen LogP contribution < -0.4 is 0 Å². The van der Waals surface area contributed by atoms with Crippen molar-refractivity contribution in [3.8, 4) is 0 Å². The minimum absolute atomic E-state index is 0.187. The molecule has 0 aromatic heterocycles. The average Bonchev–Trinajstić information content (AvgIpc) is 3.09. The summed E-state index contributed by atoms with van der Waals surface area (Å²) in [5, 5.41) is 5.26. The Morgan fingerprint density at radius 3 is 2.27 bits per heavy atom. The molecule has 1 aromatic carbocycles. The fraction of sp³-hybridized carbons (Fsp3) is 0.350. The minimum atomic E-state index is -6.10. The molecule has 2 heterocycles. The molecule has 0 saturated carbocycles. The van der Waals surface area contributed by atoms with E-state index in [-0.39, 0.29) is 12.2 Å². The highest BCUT2D eigenvalue weighted by Crippen LogP contribution is 2.58. The molecule has 13 heteroatoms. The molecular formula is C20H15ClF6N2O4. The van der Waals surface area contributed by atoms with Gasteiger partial charge in [-0.3, -0.25) is 10.1 Å². The molecule has 0 aliphatic carbocycles. The quantitative estimate of drug-likeness (QED) is 0.167. The van der Waals surface area contributed by atoms with Crippen molar-refractivity contribution in [3.63, 3.8) is 0 Å². The number of benzene rings is 1. The van der Waals surface area contributed by atoms with Crippen molar-refractivity contribution >= 4 is 23.3 Å². The summed E-state index contributed by atoms with van der Waals surface area (Å²) >= 11 is 4.36. The normalized spacial score (nSPS) is 20.8. The first-order chi connectivity index (χ1) is 15.3. The van der Waals surface area contributed by atoms with Crippen LogP contribution in [0.25, 0.3) is 0 Å². The van der Waals surface area contributed by atoms with Gasteiger partial charge in [0.2, 0.25) is 0 Å². The van der Waals surface area contributed by atoms with Crippen molar-refractivity contribution in [1.82, 2.24) is 4.90 Å². The number of non-ortho nitro benzene ring substituents is 1. The highest BCUT2D eigenvalue weighted by atomic mass is 35.5. The van der Waals surface area contributed by atoms with E-state index < -0.39 is 57.0 Å². The summed E-state index contributed by atoms with van der Waals surface area (Å²) in [5.74, 6) is -13.1. The Hall–Kier alpha value is -3.02. The molecule has 0 fully saturated rings. The van der Waals surface area contributed by atoms with Crippen molar-refractivity contribution < 1.29 is 40.8 Å². The lowest BCUT2D eigenvalue weighted by Gasteiger charge is -2.35. The number of carbonyl (C=O) groups is 1. The van der Waals surface area contributed by atoms with E-state index in [2.05, 4.69) is 11.6 Å². The summed E-state index contributed by atoms with van der Waals surface area (Å²) < 4.78 is 90.9.